The smallest absolute Gasteiger partial charge is 0.244 e. The van der Waals surface area contributed by atoms with Crippen LogP contribution in [0.3, 0.4) is 0 Å². The van der Waals surface area contributed by atoms with Crippen molar-refractivity contribution in [2.75, 3.05) is 13.7 Å². The fourth-order valence-corrected chi connectivity index (χ4v) is 3.57. The van der Waals surface area contributed by atoms with Crippen LogP contribution < -0.4 is 9.46 Å². The molecule has 0 aliphatic heterocycles. The third-order valence-electron chi connectivity index (χ3n) is 3.27. The first-order valence-electron chi connectivity index (χ1n) is 6.68. The molecule has 1 unspecified atom stereocenters. The van der Waals surface area contributed by atoms with Crippen LogP contribution in [0.2, 0.25) is 0 Å². The van der Waals surface area contributed by atoms with Gasteiger partial charge in [0.25, 0.3) is 0 Å². The normalized spacial score (nSPS) is 13.1. The Bertz CT molecular complexity index is 736. The number of aliphatic hydroxyl groups is 1. The van der Waals surface area contributed by atoms with Crippen LogP contribution in [-0.4, -0.2) is 37.4 Å². The standard InChI is InChI=1S/C14H19N3O4S/c1-9-14(10(2)17-16-9)22(19,20)15-8-13(18)11-5-4-6-12(7-11)21-3/h4-7,13,15,18H,8H2,1-3H3,(H,16,17). The summed E-state index contributed by atoms with van der Waals surface area (Å²) in [4.78, 5) is 0.116. The van der Waals surface area contributed by atoms with Crippen molar-refractivity contribution in [1.82, 2.24) is 14.9 Å². The first-order chi connectivity index (χ1) is 10.3. The quantitative estimate of drug-likeness (QED) is 0.736. The summed E-state index contributed by atoms with van der Waals surface area (Å²) in [6, 6.07) is 6.85. The molecule has 0 fully saturated rings. The lowest BCUT2D eigenvalue weighted by atomic mass is 10.1. The second-order valence-electron chi connectivity index (χ2n) is 4.91. The highest BCUT2D eigenvalue weighted by Crippen LogP contribution is 2.20. The molecule has 0 saturated heterocycles. The number of H-pyrrole nitrogens is 1. The van der Waals surface area contributed by atoms with Crippen LogP contribution in [0, 0.1) is 13.8 Å². The monoisotopic (exact) mass is 325 g/mol. The van der Waals surface area contributed by atoms with Crippen LogP contribution in [-0.2, 0) is 10.0 Å². The van der Waals surface area contributed by atoms with Crippen molar-refractivity contribution in [3.63, 3.8) is 0 Å². The lowest BCUT2D eigenvalue weighted by Gasteiger charge is -2.13. The highest BCUT2D eigenvalue weighted by molar-refractivity contribution is 7.89. The number of rotatable bonds is 6. The number of methoxy groups -OCH3 is 1. The van der Waals surface area contributed by atoms with Crippen molar-refractivity contribution in [1.29, 1.82) is 0 Å². The maximum atomic E-state index is 12.3. The van der Waals surface area contributed by atoms with E-state index in [4.69, 9.17) is 4.74 Å². The molecule has 0 amide bonds. The van der Waals surface area contributed by atoms with Gasteiger partial charge in [0.2, 0.25) is 10.0 Å². The molecule has 1 aromatic heterocycles. The van der Waals surface area contributed by atoms with Crippen LogP contribution in [0.4, 0.5) is 0 Å². The minimum Gasteiger partial charge on any atom is -0.497 e. The number of aryl methyl sites for hydroxylation is 2. The van der Waals surface area contributed by atoms with E-state index in [1.54, 1.807) is 38.1 Å². The molecule has 3 N–H and O–H groups in total. The topological polar surface area (TPSA) is 104 Å². The largest absolute Gasteiger partial charge is 0.497 e. The van der Waals surface area contributed by atoms with Gasteiger partial charge in [0.05, 0.1) is 24.6 Å². The van der Waals surface area contributed by atoms with Crippen LogP contribution in [0.5, 0.6) is 5.75 Å². The Kier molecular flexibility index (Phi) is 4.84. The lowest BCUT2D eigenvalue weighted by Crippen LogP contribution is -2.29. The first kappa shape index (κ1) is 16.5. The average molecular weight is 325 g/mol. The Balaban J connectivity index is 2.11. The summed E-state index contributed by atoms with van der Waals surface area (Å²) in [6.07, 6.45) is -0.975. The molecule has 7 nitrogen and oxygen atoms in total. The lowest BCUT2D eigenvalue weighted by molar-refractivity contribution is 0.181. The molecule has 1 atom stereocenters. The second kappa shape index (κ2) is 6.47. The molecule has 2 rings (SSSR count). The molecule has 8 heteroatoms. The van der Waals surface area contributed by atoms with Crippen molar-refractivity contribution in [3.8, 4) is 5.75 Å². The minimum absolute atomic E-state index is 0.116. The molecule has 0 aliphatic carbocycles. The summed E-state index contributed by atoms with van der Waals surface area (Å²) in [5.74, 6) is 0.598. The molecule has 2 aromatic rings. The fourth-order valence-electron chi connectivity index (χ4n) is 2.16. The average Bonchev–Trinajstić information content (AvgIpc) is 2.84. The SMILES string of the molecule is COc1cccc(C(O)CNS(=O)(=O)c2c(C)n[nH]c2C)c1. The summed E-state index contributed by atoms with van der Waals surface area (Å²) in [6.45, 7) is 3.10. The predicted molar refractivity (Wildman–Crippen MR) is 81.2 cm³/mol. The zero-order chi connectivity index (χ0) is 16.3. The molecule has 0 spiro atoms. The Hall–Kier alpha value is -1.90. The van der Waals surface area contributed by atoms with Gasteiger partial charge >= 0.3 is 0 Å². The summed E-state index contributed by atoms with van der Waals surface area (Å²) < 4.78 is 32.1. The van der Waals surface area contributed by atoms with Crippen molar-refractivity contribution in [2.45, 2.75) is 24.8 Å². The number of aliphatic hydroxyl groups excluding tert-OH is 1. The Morgan fingerprint density at radius 1 is 1.41 bits per heavy atom. The van der Waals surface area contributed by atoms with Crippen molar-refractivity contribution >= 4 is 10.0 Å². The van der Waals surface area contributed by atoms with Gasteiger partial charge in [-0.1, -0.05) is 12.1 Å². The third kappa shape index (κ3) is 3.46. The van der Waals surface area contributed by atoms with Crippen LogP contribution >= 0.6 is 0 Å². The highest BCUT2D eigenvalue weighted by Gasteiger charge is 2.23. The van der Waals surface area contributed by atoms with Crippen molar-refractivity contribution < 1.29 is 18.3 Å². The van der Waals surface area contributed by atoms with Gasteiger partial charge in [-0.25, -0.2) is 13.1 Å². The van der Waals surface area contributed by atoms with Crippen LogP contribution in [0.25, 0.3) is 0 Å². The number of ether oxygens (including phenoxy) is 1. The molecule has 120 valence electrons. The second-order valence-corrected chi connectivity index (χ2v) is 6.61. The van der Waals surface area contributed by atoms with Crippen LogP contribution in [0.1, 0.15) is 23.1 Å². The fraction of sp³-hybridized carbons (Fsp3) is 0.357. The number of nitrogens with one attached hydrogen (secondary N) is 2. The molecule has 22 heavy (non-hydrogen) atoms. The van der Waals surface area contributed by atoms with E-state index in [-0.39, 0.29) is 11.4 Å². The zero-order valence-corrected chi connectivity index (χ0v) is 13.4. The van der Waals surface area contributed by atoms with E-state index >= 15 is 0 Å². The zero-order valence-electron chi connectivity index (χ0n) is 12.6. The Morgan fingerprint density at radius 2 is 2.14 bits per heavy atom. The summed E-state index contributed by atoms with van der Waals surface area (Å²) in [5.41, 5.74) is 1.42. The summed E-state index contributed by atoms with van der Waals surface area (Å²) >= 11 is 0. The number of sulfonamides is 1. The molecule has 0 saturated carbocycles. The maximum absolute atomic E-state index is 12.3. The highest BCUT2D eigenvalue weighted by atomic mass is 32.2. The number of nitrogens with zero attached hydrogens (tertiary/aromatic N) is 1. The predicted octanol–water partition coefficient (Wildman–Crippen LogP) is 1.05. The van der Waals surface area contributed by atoms with E-state index in [0.29, 0.717) is 22.7 Å². The number of hydrogen-bond acceptors (Lipinski definition) is 5. The van der Waals surface area contributed by atoms with Gasteiger partial charge in [-0.05, 0) is 31.5 Å². The van der Waals surface area contributed by atoms with Crippen molar-refractivity contribution in [3.05, 3.63) is 41.2 Å². The van der Waals surface area contributed by atoms with E-state index < -0.39 is 16.1 Å². The van der Waals surface area contributed by atoms with E-state index in [2.05, 4.69) is 14.9 Å². The summed E-state index contributed by atoms with van der Waals surface area (Å²) in [5, 5.41) is 16.6. The van der Waals surface area contributed by atoms with Gasteiger partial charge in [0, 0.05) is 6.54 Å². The number of aromatic nitrogens is 2. The molecule has 0 aliphatic rings. The number of aromatic amines is 1. The summed E-state index contributed by atoms with van der Waals surface area (Å²) in [7, 11) is -2.21. The molecule has 1 heterocycles. The van der Waals surface area contributed by atoms with E-state index in [0.717, 1.165) is 0 Å². The van der Waals surface area contributed by atoms with E-state index in [1.165, 1.54) is 7.11 Å². The molecule has 1 aromatic carbocycles. The number of hydrogen-bond donors (Lipinski definition) is 3. The van der Waals surface area contributed by atoms with E-state index in [1.807, 2.05) is 0 Å². The molecule has 0 radical (unpaired) electrons. The maximum Gasteiger partial charge on any atom is 0.244 e. The van der Waals surface area contributed by atoms with Crippen LogP contribution in [0.15, 0.2) is 29.2 Å². The van der Waals surface area contributed by atoms with Gasteiger partial charge in [0.1, 0.15) is 10.6 Å². The van der Waals surface area contributed by atoms with Gasteiger partial charge in [-0.15, -0.1) is 0 Å². The third-order valence-corrected chi connectivity index (χ3v) is 4.96. The first-order valence-corrected chi connectivity index (χ1v) is 8.16. The van der Waals surface area contributed by atoms with E-state index in [9.17, 15) is 13.5 Å². The molecule has 0 bridgehead atoms. The van der Waals surface area contributed by atoms with Gasteiger partial charge in [0.15, 0.2) is 0 Å². The van der Waals surface area contributed by atoms with Crippen molar-refractivity contribution in [2.24, 2.45) is 0 Å². The molecular formula is C14H19N3O4S. The Labute approximate surface area is 129 Å². The van der Waals surface area contributed by atoms with Gasteiger partial charge in [-0.3, -0.25) is 5.10 Å². The number of benzene rings is 1. The minimum atomic E-state index is -3.73. The van der Waals surface area contributed by atoms with Gasteiger partial charge < -0.3 is 9.84 Å². The molecular weight excluding hydrogens is 306 g/mol. The van der Waals surface area contributed by atoms with Gasteiger partial charge in [-0.2, -0.15) is 5.10 Å². The Morgan fingerprint density at radius 3 is 2.73 bits per heavy atom.